The number of carbonyl (C=O) groups is 1. The van der Waals surface area contributed by atoms with E-state index in [1.165, 1.54) is 32.5 Å². The molecule has 1 heterocycles. The molecule has 0 bridgehead atoms. The summed E-state index contributed by atoms with van der Waals surface area (Å²) in [7, 11) is -0.644. The van der Waals surface area contributed by atoms with Crippen molar-refractivity contribution in [2.75, 3.05) is 20.5 Å². The molecule has 0 atom stereocenters. The minimum absolute atomic E-state index is 0.138. The van der Waals surface area contributed by atoms with Crippen LogP contribution in [0, 0.1) is 6.92 Å². The highest BCUT2D eigenvalue weighted by Crippen LogP contribution is 2.34. The molecule has 2 rings (SSSR count). The summed E-state index contributed by atoms with van der Waals surface area (Å²) >= 11 is 0. The fourth-order valence-corrected chi connectivity index (χ4v) is 2.83. The van der Waals surface area contributed by atoms with Crippen LogP contribution in [0.25, 0.3) is 11.1 Å². The van der Waals surface area contributed by atoms with Gasteiger partial charge in [-0.3, -0.25) is 4.98 Å². The van der Waals surface area contributed by atoms with Crippen LogP contribution >= 0.6 is 0 Å². The molecule has 0 radical (unpaired) electrons. The minimum atomic E-state index is -3.39. The fraction of sp³-hybridized carbons (Fsp3) is 0.250. The quantitative estimate of drug-likeness (QED) is 0.797. The highest BCUT2D eigenvalue weighted by atomic mass is 32.2. The maximum atomic E-state index is 12.0. The van der Waals surface area contributed by atoms with Gasteiger partial charge in [0.1, 0.15) is 5.75 Å². The first-order valence-electron chi connectivity index (χ1n) is 6.71. The Balaban J connectivity index is 2.79. The minimum Gasteiger partial charge on any atom is -0.496 e. The van der Waals surface area contributed by atoms with Crippen molar-refractivity contribution in [1.82, 2.24) is 4.98 Å². The van der Waals surface area contributed by atoms with Crippen LogP contribution in [0.4, 0.5) is 0 Å². The summed E-state index contributed by atoms with van der Waals surface area (Å²) in [5.41, 5.74) is 1.91. The van der Waals surface area contributed by atoms with Gasteiger partial charge in [0.05, 0.1) is 24.7 Å². The number of sulfone groups is 1. The average Bonchev–Trinajstić information content (AvgIpc) is 2.52. The summed E-state index contributed by atoms with van der Waals surface area (Å²) in [6.07, 6.45) is 2.53. The van der Waals surface area contributed by atoms with E-state index in [0.717, 1.165) is 6.26 Å². The Hall–Kier alpha value is -2.41. The molecule has 0 saturated carbocycles. The maximum absolute atomic E-state index is 12.0. The summed E-state index contributed by atoms with van der Waals surface area (Å²) in [6, 6.07) is 6.19. The second kappa shape index (κ2) is 6.37. The van der Waals surface area contributed by atoms with Gasteiger partial charge in [0.2, 0.25) is 0 Å². The van der Waals surface area contributed by atoms with Gasteiger partial charge >= 0.3 is 5.97 Å². The summed E-state index contributed by atoms with van der Waals surface area (Å²) in [5, 5.41) is 0. The van der Waals surface area contributed by atoms with Crippen molar-refractivity contribution in [3.8, 4) is 16.9 Å². The zero-order valence-electron chi connectivity index (χ0n) is 13.3. The Morgan fingerprint density at radius 3 is 2.39 bits per heavy atom. The number of carbonyl (C=O) groups excluding carboxylic acids is 1. The molecule has 1 aromatic carbocycles. The molecule has 0 spiro atoms. The largest absolute Gasteiger partial charge is 0.496 e. The summed E-state index contributed by atoms with van der Waals surface area (Å²) in [4.78, 5) is 16.2. The number of rotatable bonds is 4. The van der Waals surface area contributed by atoms with E-state index in [-0.39, 0.29) is 10.5 Å². The standard InChI is InChI=1S/C16H17NO5S/c1-10-7-12(14(9-17-10)16(18)22-3)13-8-11(23(4,19)20)5-6-15(13)21-2/h5-9H,1-4H3. The van der Waals surface area contributed by atoms with Crippen LogP contribution in [0.1, 0.15) is 16.1 Å². The molecule has 0 aliphatic rings. The molecular formula is C16H17NO5S. The molecule has 0 fully saturated rings. The second-order valence-corrected chi connectivity index (χ2v) is 7.01. The molecule has 0 N–H and O–H groups in total. The number of aromatic nitrogens is 1. The number of aryl methyl sites for hydroxylation is 1. The van der Waals surface area contributed by atoms with E-state index in [0.29, 0.717) is 22.6 Å². The lowest BCUT2D eigenvalue weighted by Gasteiger charge is -2.13. The van der Waals surface area contributed by atoms with E-state index in [2.05, 4.69) is 4.98 Å². The van der Waals surface area contributed by atoms with Crippen molar-refractivity contribution in [2.24, 2.45) is 0 Å². The molecule has 7 heteroatoms. The first-order chi connectivity index (χ1) is 10.8. The highest BCUT2D eigenvalue weighted by molar-refractivity contribution is 7.90. The van der Waals surface area contributed by atoms with Crippen LogP contribution < -0.4 is 4.74 Å². The Bertz CT molecular complexity index is 859. The molecule has 0 aliphatic carbocycles. The van der Waals surface area contributed by atoms with Crippen LogP contribution in [-0.4, -0.2) is 39.8 Å². The number of nitrogens with zero attached hydrogens (tertiary/aromatic N) is 1. The van der Waals surface area contributed by atoms with Gasteiger partial charge in [-0.1, -0.05) is 0 Å². The first kappa shape index (κ1) is 17.0. The Kier molecular flexibility index (Phi) is 4.70. The fourth-order valence-electron chi connectivity index (χ4n) is 2.18. The normalized spacial score (nSPS) is 11.1. The Morgan fingerprint density at radius 1 is 1.13 bits per heavy atom. The first-order valence-corrected chi connectivity index (χ1v) is 8.60. The average molecular weight is 335 g/mol. The predicted molar refractivity (Wildman–Crippen MR) is 85.4 cm³/mol. The summed E-state index contributed by atoms with van der Waals surface area (Å²) in [5.74, 6) is -0.104. The predicted octanol–water partition coefficient (Wildman–Crippen LogP) is 2.26. The third kappa shape index (κ3) is 3.50. The molecule has 23 heavy (non-hydrogen) atoms. The van der Waals surface area contributed by atoms with Crippen LogP contribution in [0.15, 0.2) is 35.4 Å². The van der Waals surface area contributed by atoms with Gasteiger partial charge in [0.25, 0.3) is 0 Å². The Labute approximate surface area is 135 Å². The molecule has 6 nitrogen and oxygen atoms in total. The SMILES string of the molecule is COC(=O)c1cnc(C)cc1-c1cc(S(C)(=O)=O)ccc1OC. The van der Waals surface area contributed by atoms with Gasteiger partial charge < -0.3 is 9.47 Å². The van der Waals surface area contributed by atoms with Crippen LogP contribution in [0.3, 0.4) is 0 Å². The second-order valence-electron chi connectivity index (χ2n) is 5.00. The van der Waals surface area contributed by atoms with Gasteiger partial charge in [0, 0.05) is 29.3 Å². The molecule has 1 aromatic heterocycles. The monoisotopic (exact) mass is 335 g/mol. The summed E-state index contributed by atoms with van der Waals surface area (Å²) < 4.78 is 33.7. The van der Waals surface area contributed by atoms with E-state index in [1.807, 2.05) is 0 Å². The lowest BCUT2D eigenvalue weighted by atomic mass is 9.99. The van der Waals surface area contributed by atoms with E-state index < -0.39 is 15.8 Å². The molecule has 0 aliphatic heterocycles. The van der Waals surface area contributed by atoms with Crippen molar-refractivity contribution in [3.63, 3.8) is 0 Å². The zero-order chi connectivity index (χ0) is 17.2. The lowest BCUT2D eigenvalue weighted by molar-refractivity contribution is 0.0601. The van der Waals surface area contributed by atoms with Crippen molar-refractivity contribution in [1.29, 1.82) is 0 Å². The topological polar surface area (TPSA) is 82.6 Å². The third-order valence-corrected chi connectivity index (χ3v) is 4.45. The van der Waals surface area contributed by atoms with E-state index in [9.17, 15) is 13.2 Å². The van der Waals surface area contributed by atoms with E-state index >= 15 is 0 Å². The zero-order valence-corrected chi connectivity index (χ0v) is 14.1. The van der Waals surface area contributed by atoms with E-state index in [1.54, 1.807) is 19.1 Å². The molecule has 0 saturated heterocycles. The molecule has 2 aromatic rings. The molecular weight excluding hydrogens is 318 g/mol. The number of hydrogen-bond donors (Lipinski definition) is 0. The smallest absolute Gasteiger partial charge is 0.340 e. The maximum Gasteiger partial charge on any atom is 0.340 e. The van der Waals surface area contributed by atoms with Crippen LogP contribution in [0.2, 0.25) is 0 Å². The number of pyridine rings is 1. The number of ether oxygens (including phenoxy) is 2. The molecule has 0 amide bonds. The van der Waals surface area contributed by atoms with Crippen molar-refractivity contribution in [3.05, 3.63) is 41.7 Å². The number of methoxy groups -OCH3 is 2. The summed E-state index contributed by atoms with van der Waals surface area (Å²) in [6.45, 7) is 1.78. The number of benzene rings is 1. The Morgan fingerprint density at radius 2 is 1.83 bits per heavy atom. The molecule has 0 unspecified atom stereocenters. The lowest BCUT2D eigenvalue weighted by Crippen LogP contribution is -2.06. The van der Waals surface area contributed by atoms with Gasteiger partial charge in [0.15, 0.2) is 9.84 Å². The van der Waals surface area contributed by atoms with Gasteiger partial charge in [-0.05, 0) is 31.2 Å². The van der Waals surface area contributed by atoms with Crippen LogP contribution in [0.5, 0.6) is 5.75 Å². The van der Waals surface area contributed by atoms with Gasteiger partial charge in [-0.15, -0.1) is 0 Å². The van der Waals surface area contributed by atoms with Gasteiger partial charge in [-0.2, -0.15) is 0 Å². The van der Waals surface area contributed by atoms with Crippen LogP contribution in [-0.2, 0) is 14.6 Å². The molecule has 122 valence electrons. The van der Waals surface area contributed by atoms with Gasteiger partial charge in [-0.25, -0.2) is 13.2 Å². The number of esters is 1. The number of hydrogen-bond acceptors (Lipinski definition) is 6. The van der Waals surface area contributed by atoms with Crippen molar-refractivity contribution >= 4 is 15.8 Å². The van der Waals surface area contributed by atoms with Crippen molar-refractivity contribution in [2.45, 2.75) is 11.8 Å². The van der Waals surface area contributed by atoms with Crippen molar-refractivity contribution < 1.29 is 22.7 Å². The highest BCUT2D eigenvalue weighted by Gasteiger charge is 2.19. The van der Waals surface area contributed by atoms with E-state index in [4.69, 9.17) is 9.47 Å². The third-order valence-electron chi connectivity index (χ3n) is 3.34.